The van der Waals surface area contributed by atoms with Crippen molar-refractivity contribution in [1.29, 1.82) is 0 Å². The SMILES string of the molecule is Cc1ccc(N2C(=O)C[C@@H](N3CCC4(CC3)OCCO4)C2=O)c(C)c1. The van der Waals surface area contributed by atoms with Crippen LogP contribution in [0.1, 0.15) is 30.4 Å². The number of nitrogens with zero attached hydrogens (tertiary/aromatic N) is 2. The topological polar surface area (TPSA) is 59.1 Å². The van der Waals surface area contributed by atoms with E-state index in [0.29, 0.717) is 32.0 Å². The molecule has 0 aliphatic carbocycles. The summed E-state index contributed by atoms with van der Waals surface area (Å²) in [6.07, 6.45) is 1.74. The van der Waals surface area contributed by atoms with Crippen LogP contribution >= 0.6 is 0 Å². The zero-order valence-electron chi connectivity index (χ0n) is 14.8. The standard InChI is InChI=1S/C19H24N2O4/c1-13-3-4-15(14(2)11-13)21-17(22)12-16(18(21)23)20-7-5-19(6-8-20)24-9-10-25-19/h3-4,11,16H,5-10,12H2,1-2H3/t16-/m1/s1. The van der Waals surface area contributed by atoms with Gasteiger partial charge in [-0.3, -0.25) is 14.5 Å². The molecule has 0 bridgehead atoms. The molecule has 1 aromatic carbocycles. The molecule has 2 amide bonds. The first-order valence-electron chi connectivity index (χ1n) is 8.95. The number of imide groups is 1. The van der Waals surface area contributed by atoms with Crippen LogP contribution in [0.25, 0.3) is 0 Å². The molecule has 1 atom stereocenters. The molecule has 3 saturated heterocycles. The third-order valence-corrected chi connectivity index (χ3v) is 5.53. The Morgan fingerprint density at radius 2 is 1.76 bits per heavy atom. The molecular formula is C19H24N2O4. The van der Waals surface area contributed by atoms with Gasteiger partial charge in [-0.2, -0.15) is 0 Å². The molecule has 3 heterocycles. The molecule has 0 saturated carbocycles. The molecule has 1 spiro atoms. The Bertz CT molecular complexity index is 701. The largest absolute Gasteiger partial charge is 0.347 e. The smallest absolute Gasteiger partial charge is 0.251 e. The number of carbonyl (C=O) groups excluding carboxylic acids is 2. The minimum Gasteiger partial charge on any atom is -0.347 e. The van der Waals surface area contributed by atoms with E-state index in [1.165, 1.54) is 4.90 Å². The number of hydrogen-bond donors (Lipinski definition) is 0. The number of hydrogen-bond acceptors (Lipinski definition) is 5. The minimum atomic E-state index is -0.463. The number of benzene rings is 1. The summed E-state index contributed by atoms with van der Waals surface area (Å²) in [6.45, 7) is 6.65. The predicted molar refractivity (Wildman–Crippen MR) is 92.3 cm³/mol. The van der Waals surface area contributed by atoms with Gasteiger partial charge in [0, 0.05) is 25.9 Å². The van der Waals surface area contributed by atoms with Crippen LogP contribution in [0.3, 0.4) is 0 Å². The van der Waals surface area contributed by atoms with Crippen LogP contribution in [0.15, 0.2) is 18.2 Å². The molecule has 3 aliphatic rings. The lowest BCUT2D eigenvalue weighted by atomic mass is 10.0. The number of aryl methyl sites for hydroxylation is 2. The third-order valence-electron chi connectivity index (χ3n) is 5.53. The van der Waals surface area contributed by atoms with Crippen LogP contribution in [0.4, 0.5) is 5.69 Å². The Balaban J connectivity index is 1.50. The molecule has 6 heteroatoms. The van der Waals surface area contributed by atoms with Gasteiger partial charge in [-0.25, -0.2) is 4.90 Å². The Labute approximate surface area is 147 Å². The summed E-state index contributed by atoms with van der Waals surface area (Å²) in [7, 11) is 0. The van der Waals surface area contributed by atoms with E-state index in [9.17, 15) is 9.59 Å². The van der Waals surface area contributed by atoms with Crippen molar-refractivity contribution in [3.05, 3.63) is 29.3 Å². The summed E-state index contributed by atoms with van der Waals surface area (Å²) in [5, 5.41) is 0. The highest BCUT2D eigenvalue weighted by atomic mass is 16.7. The first-order valence-corrected chi connectivity index (χ1v) is 8.95. The molecule has 3 fully saturated rings. The molecular weight excluding hydrogens is 320 g/mol. The van der Waals surface area contributed by atoms with E-state index in [1.54, 1.807) is 0 Å². The van der Waals surface area contributed by atoms with Gasteiger partial charge in [-0.05, 0) is 25.5 Å². The fourth-order valence-electron chi connectivity index (χ4n) is 4.17. The normalized spacial score (nSPS) is 26.8. The minimum absolute atomic E-state index is 0.110. The number of rotatable bonds is 2. The van der Waals surface area contributed by atoms with Gasteiger partial charge in [-0.15, -0.1) is 0 Å². The van der Waals surface area contributed by atoms with Gasteiger partial charge in [0.25, 0.3) is 5.91 Å². The molecule has 134 valence electrons. The second-order valence-corrected chi connectivity index (χ2v) is 7.22. The average molecular weight is 344 g/mol. The van der Waals surface area contributed by atoms with E-state index in [4.69, 9.17) is 9.47 Å². The van der Waals surface area contributed by atoms with Crippen molar-refractivity contribution in [2.75, 3.05) is 31.2 Å². The fraction of sp³-hybridized carbons (Fsp3) is 0.579. The lowest BCUT2D eigenvalue weighted by molar-refractivity contribution is -0.188. The average Bonchev–Trinajstić information content (AvgIpc) is 3.15. The number of anilines is 1. The number of likely N-dealkylation sites (tertiary alicyclic amines) is 1. The van der Waals surface area contributed by atoms with Crippen LogP contribution in [-0.2, 0) is 19.1 Å². The molecule has 3 aliphatic heterocycles. The van der Waals surface area contributed by atoms with Gasteiger partial charge in [0.05, 0.1) is 31.4 Å². The van der Waals surface area contributed by atoms with Crippen molar-refractivity contribution in [2.45, 2.75) is 44.9 Å². The first kappa shape index (κ1) is 16.7. The quantitative estimate of drug-likeness (QED) is 0.766. The molecule has 25 heavy (non-hydrogen) atoms. The summed E-state index contributed by atoms with van der Waals surface area (Å²) < 4.78 is 11.5. The zero-order chi connectivity index (χ0) is 17.6. The summed E-state index contributed by atoms with van der Waals surface area (Å²) in [4.78, 5) is 29.0. The maximum absolute atomic E-state index is 13.0. The van der Waals surface area contributed by atoms with E-state index >= 15 is 0 Å². The highest BCUT2D eigenvalue weighted by Gasteiger charge is 2.47. The van der Waals surface area contributed by atoms with Crippen molar-refractivity contribution >= 4 is 17.5 Å². The Hall–Kier alpha value is -1.76. The highest BCUT2D eigenvalue weighted by molar-refractivity contribution is 6.22. The van der Waals surface area contributed by atoms with E-state index in [2.05, 4.69) is 4.90 Å². The van der Waals surface area contributed by atoms with Crippen LogP contribution in [0.2, 0.25) is 0 Å². The fourth-order valence-corrected chi connectivity index (χ4v) is 4.17. The van der Waals surface area contributed by atoms with E-state index < -0.39 is 5.79 Å². The van der Waals surface area contributed by atoms with Crippen molar-refractivity contribution in [2.24, 2.45) is 0 Å². The third kappa shape index (κ3) is 2.88. The van der Waals surface area contributed by atoms with E-state index in [1.807, 2.05) is 32.0 Å². The van der Waals surface area contributed by atoms with E-state index in [0.717, 1.165) is 24.0 Å². The number of piperidine rings is 1. The van der Waals surface area contributed by atoms with Gasteiger partial charge in [0.1, 0.15) is 0 Å². The van der Waals surface area contributed by atoms with E-state index in [-0.39, 0.29) is 24.3 Å². The van der Waals surface area contributed by atoms with Crippen molar-refractivity contribution < 1.29 is 19.1 Å². The molecule has 0 aromatic heterocycles. The van der Waals surface area contributed by atoms with Gasteiger partial charge >= 0.3 is 0 Å². The van der Waals surface area contributed by atoms with Crippen molar-refractivity contribution in [3.8, 4) is 0 Å². The van der Waals surface area contributed by atoms with Crippen LogP contribution in [-0.4, -0.2) is 54.8 Å². The summed E-state index contributed by atoms with van der Waals surface area (Å²) >= 11 is 0. The van der Waals surface area contributed by atoms with Gasteiger partial charge in [0.2, 0.25) is 5.91 Å². The summed E-state index contributed by atoms with van der Waals surface area (Å²) in [5.41, 5.74) is 2.78. The zero-order valence-corrected chi connectivity index (χ0v) is 14.8. The summed E-state index contributed by atoms with van der Waals surface area (Å²) in [6, 6.07) is 5.44. The lowest BCUT2D eigenvalue weighted by Crippen LogP contribution is -2.51. The van der Waals surface area contributed by atoms with Crippen molar-refractivity contribution in [3.63, 3.8) is 0 Å². The summed E-state index contributed by atoms with van der Waals surface area (Å²) in [5.74, 6) is -0.688. The Kier molecular flexibility index (Phi) is 4.14. The van der Waals surface area contributed by atoms with Crippen molar-refractivity contribution in [1.82, 2.24) is 4.90 Å². The first-order chi connectivity index (χ1) is 12.0. The molecule has 0 N–H and O–H groups in total. The molecule has 0 unspecified atom stereocenters. The van der Waals surface area contributed by atoms with Gasteiger partial charge in [-0.1, -0.05) is 17.7 Å². The second kappa shape index (κ2) is 6.20. The molecule has 6 nitrogen and oxygen atoms in total. The van der Waals surface area contributed by atoms with Crippen LogP contribution in [0, 0.1) is 13.8 Å². The Morgan fingerprint density at radius 3 is 2.40 bits per heavy atom. The monoisotopic (exact) mass is 344 g/mol. The maximum atomic E-state index is 13.0. The molecule has 0 radical (unpaired) electrons. The highest BCUT2D eigenvalue weighted by Crippen LogP contribution is 2.35. The second-order valence-electron chi connectivity index (χ2n) is 7.22. The van der Waals surface area contributed by atoms with Gasteiger partial charge < -0.3 is 9.47 Å². The van der Waals surface area contributed by atoms with Crippen LogP contribution < -0.4 is 4.90 Å². The maximum Gasteiger partial charge on any atom is 0.251 e. The number of ether oxygens (including phenoxy) is 2. The lowest BCUT2D eigenvalue weighted by Gasteiger charge is -2.39. The number of amides is 2. The predicted octanol–water partition coefficient (Wildman–Crippen LogP) is 1.77. The molecule has 4 rings (SSSR count). The van der Waals surface area contributed by atoms with Crippen LogP contribution in [0.5, 0.6) is 0 Å². The Morgan fingerprint density at radius 1 is 1.08 bits per heavy atom. The number of carbonyl (C=O) groups is 2. The van der Waals surface area contributed by atoms with Gasteiger partial charge in [0.15, 0.2) is 5.79 Å². The molecule has 1 aromatic rings.